The topological polar surface area (TPSA) is 401 Å². The molecule has 1 amide bonds. The number of fused-ring (bicyclic) bond motifs is 2. The van der Waals surface area contributed by atoms with E-state index in [0.717, 1.165) is 5.71 Å². The summed E-state index contributed by atoms with van der Waals surface area (Å²) in [6.45, 7) is 7.87. The predicted molar refractivity (Wildman–Crippen MR) is 317 cm³/mol. The molecule has 0 saturated carbocycles. The first kappa shape index (κ1) is 68.2. The van der Waals surface area contributed by atoms with Gasteiger partial charge in [0.1, 0.15) is 24.2 Å². The van der Waals surface area contributed by atoms with Gasteiger partial charge in [0.2, 0.25) is 11.6 Å². The van der Waals surface area contributed by atoms with Gasteiger partial charge in [-0.2, -0.15) is 38.2 Å². The molecule has 472 valence electrons. The van der Waals surface area contributed by atoms with E-state index < -0.39 is 88.5 Å². The molecule has 0 fully saturated rings. The second kappa shape index (κ2) is 26.4. The van der Waals surface area contributed by atoms with Gasteiger partial charge in [-0.1, -0.05) is 19.9 Å². The Morgan fingerprint density at radius 3 is 2.03 bits per heavy atom. The largest absolute Gasteiger partial charge is 0.479 e. The number of allylic oxidation sites excluding steroid dienone is 7. The molecule has 0 spiro atoms. The van der Waals surface area contributed by atoms with E-state index in [1.165, 1.54) is 77.6 Å². The van der Waals surface area contributed by atoms with Crippen LogP contribution in [0.15, 0.2) is 147 Å². The van der Waals surface area contributed by atoms with Gasteiger partial charge in [-0.3, -0.25) is 27.6 Å². The van der Waals surface area contributed by atoms with Crippen molar-refractivity contribution >= 4 is 77.0 Å². The number of anilines is 1. The van der Waals surface area contributed by atoms with Crippen LogP contribution in [0.1, 0.15) is 102 Å². The molecular weight excluding hydrogens is 1240 g/mol. The van der Waals surface area contributed by atoms with Crippen molar-refractivity contribution in [3.63, 3.8) is 0 Å². The molecule has 3 aromatic carbocycles. The molecule has 0 bridgehead atoms. The Hall–Kier alpha value is -6.31. The minimum atomic E-state index is -5.50. The van der Waals surface area contributed by atoms with Crippen molar-refractivity contribution in [3.05, 3.63) is 149 Å². The number of ether oxygens (including phenoxy) is 1. The third-order valence-corrected chi connectivity index (χ3v) is 20.2. The van der Waals surface area contributed by atoms with Crippen molar-refractivity contribution in [1.29, 1.82) is 0 Å². The van der Waals surface area contributed by atoms with E-state index in [0.29, 0.717) is 96.6 Å². The fourth-order valence-corrected chi connectivity index (χ4v) is 13.6. The van der Waals surface area contributed by atoms with Gasteiger partial charge < -0.3 is 40.1 Å². The zero-order valence-corrected chi connectivity index (χ0v) is 52.1. The highest BCUT2D eigenvalue weighted by molar-refractivity contribution is 7.86. The first-order chi connectivity index (χ1) is 40.3. The van der Waals surface area contributed by atoms with E-state index in [4.69, 9.17) is 4.74 Å². The molecule has 2 atom stereocenters. The van der Waals surface area contributed by atoms with Crippen LogP contribution in [0, 0.1) is 0 Å². The first-order valence-electron chi connectivity index (χ1n) is 27.5. The lowest BCUT2D eigenvalue weighted by Gasteiger charge is -2.27. The van der Waals surface area contributed by atoms with E-state index in [9.17, 15) is 91.1 Å². The smallest absolute Gasteiger partial charge is 0.368 e. The van der Waals surface area contributed by atoms with E-state index in [2.05, 4.69) is 5.32 Å². The molecule has 30 heteroatoms. The van der Waals surface area contributed by atoms with E-state index in [1.807, 2.05) is 61.5 Å². The average Bonchev–Trinajstić information content (AvgIpc) is 1.62. The molecular formula is C57H71N4O21PS4+2. The van der Waals surface area contributed by atoms with Crippen LogP contribution in [-0.2, 0) is 78.4 Å². The highest BCUT2D eigenvalue weighted by Crippen LogP contribution is 2.51. The third kappa shape index (κ3) is 16.5. The zero-order chi connectivity index (χ0) is 64.3. The SMILES string of the molecule is CC1(C)C(=CC=C2CCCC(C=CC3=[N+](CCCCCC(=O)NCC(O)C[n+]4cccc(CC(O)(C(=O)O)P(=O)(O)O)c4)c4ccc(S(=O)(=O)O)cc4C3(C)C)=C2Oc2ccc(S(=O)(=O)O)cc2)N(CCCCS(=O)(=O)O)c2ccc(S(=O)(=O)O)cc21. The van der Waals surface area contributed by atoms with Gasteiger partial charge in [0, 0.05) is 78.5 Å². The number of hydrogen-bond acceptors (Lipinski definition) is 15. The Balaban J connectivity index is 1.16. The van der Waals surface area contributed by atoms with Crippen LogP contribution in [0.2, 0.25) is 0 Å². The number of benzene rings is 3. The van der Waals surface area contributed by atoms with Gasteiger partial charge in [-0.15, -0.1) is 0 Å². The summed E-state index contributed by atoms with van der Waals surface area (Å²) in [5.74, 6) is -2.36. The lowest BCUT2D eigenvalue weighted by atomic mass is 9.81. The number of amides is 1. The lowest BCUT2D eigenvalue weighted by molar-refractivity contribution is -0.703. The number of carbonyl (C=O) groups excluding carboxylic acids is 1. The first-order valence-corrected chi connectivity index (χ1v) is 35.0. The maximum atomic E-state index is 13.0. The molecule has 0 radical (unpaired) electrons. The van der Waals surface area contributed by atoms with Crippen molar-refractivity contribution in [3.8, 4) is 5.75 Å². The molecule has 4 aromatic rings. The maximum absolute atomic E-state index is 13.0. The molecule has 10 N–H and O–H groups in total. The predicted octanol–water partition coefficient (Wildman–Crippen LogP) is 5.67. The molecule has 1 aromatic heterocycles. The third-order valence-electron chi connectivity index (χ3n) is 15.5. The van der Waals surface area contributed by atoms with Gasteiger partial charge in [-0.05, 0) is 148 Å². The van der Waals surface area contributed by atoms with Crippen LogP contribution in [0.4, 0.5) is 11.4 Å². The van der Waals surface area contributed by atoms with Crippen molar-refractivity contribution in [1.82, 2.24) is 5.32 Å². The minimum Gasteiger partial charge on any atom is -0.479 e. The fourth-order valence-electron chi connectivity index (χ4n) is 10.9. The number of aliphatic hydroxyl groups excluding tert-OH is 1. The summed E-state index contributed by atoms with van der Waals surface area (Å²) in [4.78, 5) is 44.5. The van der Waals surface area contributed by atoms with E-state index in [-0.39, 0.29) is 64.4 Å². The molecule has 3 aliphatic rings. The van der Waals surface area contributed by atoms with Gasteiger partial charge >= 0.3 is 13.6 Å². The van der Waals surface area contributed by atoms with E-state index in [1.54, 1.807) is 12.1 Å². The summed E-state index contributed by atoms with van der Waals surface area (Å²) in [5, 5.41) is 29.6. The summed E-state index contributed by atoms with van der Waals surface area (Å²) in [7, 11) is -23.6. The van der Waals surface area contributed by atoms with Crippen molar-refractivity contribution < 1.29 is 105 Å². The molecule has 1 aliphatic carbocycles. The lowest BCUT2D eigenvalue weighted by Crippen LogP contribution is -2.45. The van der Waals surface area contributed by atoms with Crippen molar-refractivity contribution in [2.24, 2.45) is 0 Å². The Bertz CT molecular complexity index is 4020. The van der Waals surface area contributed by atoms with Crippen LogP contribution in [0.3, 0.4) is 0 Å². The number of carbonyl (C=O) groups is 2. The van der Waals surface area contributed by atoms with Crippen molar-refractivity contribution in [2.75, 3.05) is 30.3 Å². The zero-order valence-electron chi connectivity index (χ0n) is 47.9. The van der Waals surface area contributed by atoms with Crippen LogP contribution in [0.5, 0.6) is 5.75 Å². The number of nitrogens with zero attached hydrogens (tertiary/aromatic N) is 3. The van der Waals surface area contributed by atoms with Crippen LogP contribution >= 0.6 is 7.60 Å². The standard InChI is InChI=1S/C57H69N4O21PS4/c1-55(2)46-32-44(86(76,77)78)22-24-48(46)60(29-7-5-6-15-52(63)58-35-41(62)37-59-28-11-12-38(36-59)34-57(66,54(64)65)83(67,68)69)50(55)26-16-39-13-10-14-40(53(39)82-42-18-20-43(21-19-42)85(73,74)75)17-27-51-56(3,4)47-33-45(87(79,80)81)23-25-49(47)61(51)30-8-9-31-84(70,71)72/h11-12,16-28,32-33,36,41,62,66H,5-10,13-15,29-31,34-35,37H2,1-4H3,(H6-2,58,63,64,65,67,68,69,70,71,72,73,74,75,76,77,78,79,80,81)/p+2. The average molecular weight is 1310 g/mol. The summed E-state index contributed by atoms with van der Waals surface area (Å²) in [6.07, 6.45) is 11.7. The molecule has 87 heavy (non-hydrogen) atoms. The molecule has 2 aliphatic heterocycles. The number of hydrogen-bond donors (Lipinski definition) is 10. The summed E-state index contributed by atoms with van der Waals surface area (Å²) < 4.78 is 158. The number of unbranched alkanes of at least 4 members (excludes halogenated alkanes) is 3. The Morgan fingerprint density at radius 2 is 1.41 bits per heavy atom. The number of aliphatic hydroxyl groups is 2. The normalized spacial score (nSPS) is 18.3. The van der Waals surface area contributed by atoms with Gasteiger partial charge in [0.15, 0.2) is 24.7 Å². The van der Waals surface area contributed by atoms with E-state index >= 15 is 0 Å². The van der Waals surface area contributed by atoms with Crippen LogP contribution in [0.25, 0.3) is 0 Å². The number of rotatable bonds is 27. The minimum absolute atomic E-state index is 0.0554. The summed E-state index contributed by atoms with van der Waals surface area (Å²) >= 11 is 0. The fraction of sp³-hybridized carbons (Fsp3) is 0.404. The second-order valence-electron chi connectivity index (χ2n) is 22.6. The van der Waals surface area contributed by atoms with Crippen LogP contribution in [-0.4, -0.2) is 136 Å². The number of aromatic nitrogens is 1. The van der Waals surface area contributed by atoms with Gasteiger partial charge in [0.25, 0.3) is 45.8 Å². The molecule has 7 rings (SSSR count). The van der Waals surface area contributed by atoms with Gasteiger partial charge in [0.05, 0.1) is 25.9 Å². The Labute approximate surface area is 504 Å². The second-order valence-corrected chi connectivity index (χ2v) is 30.3. The molecule has 2 unspecified atom stereocenters. The summed E-state index contributed by atoms with van der Waals surface area (Å²) in [6, 6.07) is 16.4. The molecule has 0 saturated heterocycles. The quantitative estimate of drug-likeness (QED) is 0.0149. The van der Waals surface area contributed by atoms with Gasteiger partial charge in [-0.25, -0.2) is 9.36 Å². The highest BCUT2D eigenvalue weighted by Gasteiger charge is 2.53. The molecule has 25 nitrogen and oxygen atoms in total. The van der Waals surface area contributed by atoms with Crippen molar-refractivity contribution in [2.45, 2.75) is 135 Å². The Morgan fingerprint density at radius 1 is 0.782 bits per heavy atom. The number of carboxylic acid groups (broad SMARTS) is 1. The van der Waals surface area contributed by atoms with Crippen LogP contribution < -0.4 is 19.5 Å². The highest BCUT2D eigenvalue weighted by atomic mass is 32.2. The monoisotopic (exact) mass is 1310 g/mol. The number of pyridine rings is 1. The molecule has 3 heterocycles. The number of nitrogens with one attached hydrogen (secondary N) is 1. The Kier molecular flexibility index (Phi) is 20.7. The summed E-state index contributed by atoms with van der Waals surface area (Å²) in [5.41, 5.74) is 3.45. The maximum Gasteiger partial charge on any atom is 0.368 e. The number of aliphatic carboxylic acids is 1. The number of carboxylic acids is 1.